The Morgan fingerprint density at radius 2 is 2.00 bits per heavy atom. The topological polar surface area (TPSA) is 37.3 Å². The van der Waals surface area contributed by atoms with Crippen molar-refractivity contribution in [1.29, 1.82) is 0 Å². The van der Waals surface area contributed by atoms with Crippen LogP contribution in [-0.4, -0.2) is 11.4 Å². The van der Waals surface area contributed by atoms with Crippen LogP contribution in [-0.2, 0) is 4.79 Å². The molecule has 63 valence electrons. The average Bonchev–Trinajstić information content (AvgIpc) is 2.16. The van der Waals surface area contributed by atoms with Crippen LogP contribution < -0.4 is 0 Å². The van der Waals surface area contributed by atoms with Gasteiger partial charge in [-0.05, 0) is 29.0 Å². The molecule has 2 aromatic rings. The highest BCUT2D eigenvalue weighted by Gasteiger charge is 2.00. The van der Waals surface area contributed by atoms with Gasteiger partial charge in [0.15, 0.2) is 0 Å². The van der Waals surface area contributed by atoms with Crippen LogP contribution in [0, 0.1) is 0 Å². The van der Waals surface area contributed by atoms with E-state index in [0.717, 1.165) is 10.8 Å². The average molecular weight is 171 g/mol. The Morgan fingerprint density at radius 1 is 1.15 bits per heavy atom. The fourth-order valence-electron chi connectivity index (χ4n) is 1.36. The molecule has 13 heavy (non-hydrogen) atoms. The molecule has 0 amide bonds. The van der Waals surface area contributed by atoms with Crippen molar-refractivity contribution in [1.82, 2.24) is 0 Å². The lowest BCUT2D eigenvalue weighted by Crippen LogP contribution is -1.82. The minimum Gasteiger partial charge on any atom is -0.508 e. The largest absolute Gasteiger partial charge is 0.508 e. The van der Waals surface area contributed by atoms with Gasteiger partial charge >= 0.3 is 0 Å². The second-order valence-electron chi connectivity index (χ2n) is 2.81. The monoisotopic (exact) mass is 171 g/mol. The Labute approximate surface area is 75.4 Å². The van der Waals surface area contributed by atoms with Crippen molar-refractivity contribution in [2.24, 2.45) is 0 Å². The molecule has 0 aliphatic carbocycles. The fourth-order valence-corrected chi connectivity index (χ4v) is 1.36. The van der Waals surface area contributed by atoms with E-state index in [2.05, 4.69) is 0 Å². The smallest absolute Gasteiger partial charge is 0.234 e. The lowest BCUT2D eigenvalue weighted by molar-refractivity contribution is 0.476. The third-order valence-electron chi connectivity index (χ3n) is 1.97. The summed E-state index contributed by atoms with van der Waals surface area (Å²) in [4.78, 5) is 10.5. The van der Waals surface area contributed by atoms with Crippen molar-refractivity contribution in [3.63, 3.8) is 0 Å². The standard InChI is InChI=1S/C11H7O2/c12-7-9-3-1-2-8-6-10(13)4-5-11(8)9/h1-6,13H. The summed E-state index contributed by atoms with van der Waals surface area (Å²) in [6.45, 7) is 0. The van der Waals surface area contributed by atoms with Crippen molar-refractivity contribution in [2.75, 3.05) is 0 Å². The van der Waals surface area contributed by atoms with E-state index in [9.17, 15) is 9.90 Å². The maximum Gasteiger partial charge on any atom is 0.234 e. The van der Waals surface area contributed by atoms with Gasteiger partial charge in [-0.3, -0.25) is 4.79 Å². The molecular weight excluding hydrogens is 164 g/mol. The molecule has 2 heteroatoms. The lowest BCUT2D eigenvalue weighted by atomic mass is 10.1. The molecule has 2 rings (SSSR count). The Morgan fingerprint density at radius 3 is 2.77 bits per heavy atom. The number of benzene rings is 2. The zero-order valence-corrected chi connectivity index (χ0v) is 6.82. The van der Waals surface area contributed by atoms with Gasteiger partial charge in [0.05, 0.1) is 0 Å². The summed E-state index contributed by atoms with van der Waals surface area (Å²) in [5.74, 6) is 0.204. The molecule has 0 saturated carbocycles. The predicted octanol–water partition coefficient (Wildman–Crippen LogP) is 2.00. The molecular formula is C11H7O2. The zero-order valence-electron chi connectivity index (χ0n) is 6.82. The van der Waals surface area contributed by atoms with Gasteiger partial charge in [-0.15, -0.1) is 0 Å². The molecule has 1 N–H and O–H groups in total. The van der Waals surface area contributed by atoms with E-state index in [1.165, 1.54) is 0 Å². The van der Waals surface area contributed by atoms with Gasteiger partial charge in [0.25, 0.3) is 0 Å². The van der Waals surface area contributed by atoms with E-state index in [1.807, 2.05) is 12.4 Å². The van der Waals surface area contributed by atoms with Gasteiger partial charge < -0.3 is 5.11 Å². The van der Waals surface area contributed by atoms with E-state index in [-0.39, 0.29) is 5.75 Å². The fraction of sp³-hybridized carbons (Fsp3) is 0. The third kappa shape index (κ3) is 1.26. The first kappa shape index (κ1) is 7.80. The lowest BCUT2D eigenvalue weighted by Gasteiger charge is -1.99. The molecule has 0 aliphatic rings. The Bertz CT molecular complexity index is 461. The molecule has 0 unspecified atom stereocenters. The second kappa shape index (κ2) is 2.90. The van der Waals surface area contributed by atoms with Gasteiger partial charge in [-0.25, -0.2) is 0 Å². The molecule has 0 atom stereocenters. The predicted molar refractivity (Wildman–Crippen MR) is 50.4 cm³/mol. The van der Waals surface area contributed by atoms with E-state index < -0.39 is 0 Å². The summed E-state index contributed by atoms with van der Waals surface area (Å²) in [7, 11) is 0. The van der Waals surface area contributed by atoms with Crippen LogP contribution in [0.3, 0.4) is 0 Å². The summed E-state index contributed by atoms with van der Waals surface area (Å²) in [5, 5.41) is 10.9. The Hall–Kier alpha value is -1.83. The highest BCUT2D eigenvalue weighted by Crippen LogP contribution is 2.21. The van der Waals surface area contributed by atoms with Gasteiger partial charge in [-0.1, -0.05) is 18.2 Å². The van der Waals surface area contributed by atoms with Crippen LogP contribution in [0.5, 0.6) is 5.75 Å². The molecule has 2 aromatic carbocycles. The molecule has 2 nitrogen and oxygen atoms in total. The molecule has 0 saturated heterocycles. The van der Waals surface area contributed by atoms with E-state index in [4.69, 9.17) is 0 Å². The van der Waals surface area contributed by atoms with Crippen LogP contribution in [0.1, 0.15) is 5.56 Å². The van der Waals surface area contributed by atoms with Gasteiger partial charge in [0.2, 0.25) is 6.29 Å². The highest BCUT2D eigenvalue weighted by atomic mass is 16.3. The van der Waals surface area contributed by atoms with Crippen molar-refractivity contribution in [2.45, 2.75) is 0 Å². The number of carbonyl (C=O) groups excluding carboxylic acids is 1. The van der Waals surface area contributed by atoms with E-state index in [1.54, 1.807) is 30.3 Å². The first-order valence-electron chi connectivity index (χ1n) is 3.91. The first-order chi connectivity index (χ1) is 6.31. The van der Waals surface area contributed by atoms with Gasteiger partial charge in [0, 0.05) is 5.56 Å². The Kier molecular flexibility index (Phi) is 1.74. The van der Waals surface area contributed by atoms with Crippen LogP contribution in [0.15, 0.2) is 36.4 Å². The molecule has 0 aromatic heterocycles. The van der Waals surface area contributed by atoms with Crippen LogP contribution in [0.4, 0.5) is 0 Å². The minimum absolute atomic E-state index is 0.204. The van der Waals surface area contributed by atoms with Crippen molar-refractivity contribution >= 4 is 17.1 Å². The molecule has 0 heterocycles. The van der Waals surface area contributed by atoms with Gasteiger partial charge in [-0.2, -0.15) is 0 Å². The summed E-state index contributed by atoms with van der Waals surface area (Å²) >= 11 is 0. The normalized spacial score (nSPS) is 10.2. The zero-order chi connectivity index (χ0) is 9.26. The molecule has 0 aliphatic heterocycles. The van der Waals surface area contributed by atoms with Crippen LogP contribution in [0.25, 0.3) is 10.8 Å². The summed E-state index contributed by atoms with van der Waals surface area (Å²) in [6.07, 6.45) is 1.86. The van der Waals surface area contributed by atoms with Gasteiger partial charge in [0.1, 0.15) is 5.75 Å². The molecule has 1 radical (unpaired) electrons. The highest BCUT2D eigenvalue weighted by molar-refractivity contribution is 5.98. The number of phenols is 1. The minimum atomic E-state index is 0.204. The number of aromatic hydroxyl groups is 1. The maximum absolute atomic E-state index is 10.5. The van der Waals surface area contributed by atoms with E-state index >= 15 is 0 Å². The number of rotatable bonds is 1. The number of phenolic OH excluding ortho intramolecular Hbond substituents is 1. The maximum atomic E-state index is 10.5. The van der Waals surface area contributed by atoms with Crippen molar-refractivity contribution in [3.05, 3.63) is 42.0 Å². The number of hydrogen-bond acceptors (Lipinski definition) is 2. The van der Waals surface area contributed by atoms with Crippen molar-refractivity contribution in [3.8, 4) is 5.75 Å². The quantitative estimate of drug-likeness (QED) is 0.712. The van der Waals surface area contributed by atoms with E-state index in [0.29, 0.717) is 5.56 Å². The van der Waals surface area contributed by atoms with Crippen LogP contribution in [0.2, 0.25) is 0 Å². The van der Waals surface area contributed by atoms with Crippen molar-refractivity contribution < 1.29 is 9.90 Å². The summed E-state index contributed by atoms with van der Waals surface area (Å²) in [5.41, 5.74) is 0.525. The summed E-state index contributed by atoms with van der Waals surface area (Å²) in [6, 6.07) is 10.2. The molecule has 0 spiro atoms. The Balaban J connectivity index is 2.84. The third-order valence-corrected chi connectivity index (χ3v) is 1.97. The summed E-state index contributed by atoms with van der Waals surface area (Å²) < 4.78 is 0. The van der Waals surface area contributed by atoms with Crippen LogP contribution >= 0.6 is 0 Å². The second-order valence-corrected chi connectivity index (χ2v) is 2.81. The number of hydrogen-bond donors (Lipinski definition) is 1. The number of fused-ring (bicyclic) bond motifs is 1. The first-order valence-corrected chi connectivity index (χ1v) is 3.91. The molecule has 0 fully saturated rings. The molecule has 0 bridgehead atoms. The SMILES string of the molecule is O=[C]c1cccc2cc(O)ccc12.